The van der Waals surface area contributed by atoms with Crippen LogP contribution in [-0.4, -0.2) is 216 Å². The Hall–Kier alpha value is -8.40. The van der Waals surface area contributed by atoms with Crippen molar-refractivity contribution in [3.63, 3.8) is 0 Å². The number of thiophene rings is 5. The molecule has 0 radical (unpaired) electrons. The molecule has 4 aromatic carbocycles. The molecule has 5 aliphatic heterocycles. The number of anilines is 6. The molecule has 653 valence electrons. The first-order chi connectivity index (χ1) is 57.4. The molecule has 9 aromatic rings. The minimum atomic E-state index is -1.35. The average Bonchev–Trinajstić information content (AvgIpc) is 1.59. The topological polar surface area (TPSA) is 406 Å². The summed E-state index contributed by atoms with van der Waals surface area (Å²) in [5.74, 6) is -2.80. The Bertz CT molecular complexity index is 4970. The number of ether oxygens (including phenoxy) is 8. The fraction of sp³-hybridized carbons (Fsp3) is 0.333. The molecule has 42 heteroatoms. The van der Waals surface area contributed by atoms with Crippen LogP contribution in [-0.2, 0) is 49.2 Å². The van der Waals surface area contributed by atoms with Crippen LogP contribution in [0.3, 0.4) is 0 Å². The number of esters is 3. The summed E-state index contributed by atoms with van der Waals surface area (Å²) in [6, 6.07) is 30.4. The second-order valence-electron chi connectivity index (χ2n) is 25.9. The van der Waals surface area contributed by atoms with Crippen LogP contribution in [0.25, 0.3) is 57.6 Å². The molecule has 1 amide bonds. The molecule has 0 bridgehead atoms. The van der Waals surface area contributed by atoms with E-state index >= 15 is 0 Å². The zero-order valence-electron chi connectivity index (χ0n) is 68.4. The van der Waals surface area contributed by atoms with Gasteiger partial charge in [0.2, 0.25) is 28.4 Å². The van der Waals surface area contributed by atoms with E-state index in [1.807, 2.05) is 122 Å². The molecule has 5 aromatic heterocycles. The Morgan fingerprint density at radius 3 is 0.951 bits per heavy atom. The first-order valence-corrected chi connectivity index (χ1v) is 45.9. The number of aryl methyl sites for hydroxylation is 4. The van der Waals surface area contributed by atoms with E-state index in [0.717, 1.165) is 90.1 Å². The van der Waals surface area contributed by atoms with Gasteiger partial charge in [0.25, 0.3) is 5.91 Å². The van der Waals surface area contributed by atoms with Gasteiger partial charge in [0.1, 0.15) is 19.5 Å². The Balaban J connectivity index is 0.000000310. The Morgan fingerprint density at radius 1 is 0.431 bits per heavy atom. The second kappa shape index (κ2) is 53.8. The van der Waals surface area contributed by atoms with Crippen LogP contribution in [0.15, 0.2) is 102 Å². The van der Waals surface area contributed by atoms with Crippen molar-refractivity contribution >= 4 is 202 Å². The molecular formula is C81H90BBr3CuN13NaO18S5. The van der Waals surface area contributed by atoms with Crippen LogP contribution in [0.2, 0.25) is 0 Å². The first kappa shape index (κ1) is 107. The van der Waals surface area contributed by atoms with Crippen molar-refractivity contribution in [3.8, 4) is 33.4 Å². The van der Waals surface area contributed by atoms with Gasteiger partial charge in [-0.1, -0.05) is 135 Å². The van der Waals surface area contributed by atoms with E-state index in [2.05, 4.69) is 87.8 Å². The molecule has 14 rings (SSSR count). The van der Waals surface area contributed by atoms with Crippen LogP contribution in [0.5, 0.6) is 0 Å². The summed E-state index contributed by atoms with van der Waals surface area (Å²) in [4.78, 5) is 89.4. The maximum Gasteiger partial charge on any atom is 1.00 e. The number of amides is 1. The van der Waals surface area contributed by atoms with Gasteiger partial charge in [0.05, 0.1) is 160 Å². The first-order valence-electron chi connectivity index (χ1n) is 36.4. The third-order valence-electron chi connectivity index (χ3n) is 18.3. The normalized spacial score (nSPS) is 13.6. The van der Waals surface area contributed by atoms with E-state index in [1.54, 1.807) is 12.1 Å². The van der Waals surface area contributed by atoms with Gasteiger partial charge in [0.15, 0.2) is 0 Å². The summed E-state index contributed by atoms with van der Waals surface area (Å²) < 4.78 is 41.5. The largest absolute Gasteiger partial charge is 1.00 e. The summed E-state index contributed by atoms with van der Waals surface area (Å²) in [6.45, 7) is 58.5. The van der Waals surface area contributed by atoms with Crippen molar-refractivity contribution in [1.82, 2.24) is 6.15 Å². The molecule has 5 aliphatic rings. The van der Waals surface area contributed by atoms with Gasteiger partial charge in [-0.3, -0.25) is 4.79 Å². The van der Waals surface area contributed by atoms with Crippen LogP contribution in [0.1, 0.15) is 70.6 Å². The van der Waals surface area contributed by atoms with Crippen LogP contribution >= 0.6 is 101 Å². The Morgan fingerprint density at radius 2 is 0.667 bits per heavy atom. The van der Waals surface area contributed by atoms with Crippen molar-refractivity contribution in [2.24, 2.45) is 5.73 Å². The summed E-state index contributed by atoms with van der Waals surface area (Å²) in [6.07, 6.45) is 0. The molecule has 13 N–H and O–H groups in total. The third kappa shape index (κ3) is 28.3. The zero-order chi connectivity index (χ0) is 86.4. The maximum atomic E-state index is 12.3. The summed E-state index contributed by atoms with van der Waals surface area (Å²) >= 11 is 17.0. The van der Waals surface area contributed by atoms with Crippen molar-refractivity contribution in [2.75, 3.05) is 183 Å². The van der Waals surface area contributed by atoms with Gasteiger partial charge in [-0.2, -0.15) is 0 Å². The van der Waals surface area contributed by atoms with Crippen LogP contribution in [0.4, 0.5) is 59.1 Å². The molecule has 31 nitrogen and oxygen atoms in total. The number of hydrogen-bond donors (Lipinski definition) is 6. The third-order valence-corrected chi connectivity index (χ3v) is 25.5. The predicted octanol–water partition coefficient (Wildman–Crippen LogP) is 12.6. The zero-order valence-corrected chi connectivity index (χ0v) is 80.1. The van der Waals surface area contributed by atoms with Gasteiger partial charge < -0.3 is 106 Å². The summed E-state index contributed by atoms with van der Waals surface area (Å²) in [5.41, 5.74) is 23.2. The molecule has 5 fully saturated rings. The average molecular weight is 2030 g/mol. The molecule has 0 atom stereocenters. The van der Waals surface area contributed by atoms with Gasteiger partial charge in [0, 0.05) is 82.1 Å². The molecule has 0 unspecified atom stereocenters. The monoisotopic (exact) mass is 2030 g/mol. The number of methoxy groups -OCH3 is 3. The smallest absolute Gasteiger partial charge is 0.870 e. The van der Waals surface area contributed by atoms with Crippen molar-refractivity contribution in [2.45, 2.75) is 27.7 Å². The Labute approximate surface area is 785 Å². The van der Waals surface area contributed by atoms with Gasteiger partial charge >= 0.3 is 100 Å². The van der Waals surface area contributed by atoms with Gasteiger partial charge in [-0.25, -0.2) is 43.4 Å². The minimum Gasteiger partial charge on any atom is -0.870 e. The van der Waals surface area contributed by atoms with E-state index in [1.165, 1.54) is 89.4 Å². The second-order valence-corrected chi connectivity index (χ2v) is 36.4. The molecule has 0 saturated carbocycles. The quantitative estimate of drug-likeness (QED) is 0.0255. The van der Waals surface area contributed by atoms with Crippen molar-refractivity contribution < 1.29 is 129 Å². The van der Waals surface area contributed by atoms with Crippen molar-refractivity contribution in [1.29, 1.82) is 0 Å². The number of carboxylic acid groups (broad SMARTS) is 1. The SMILES string of the molecule is Cc1ccc(B(O)O)cc1.N.O.[Br][Cu][Br].[C-]#[N+]c1c(N2CCOCC2)sc(C(=O)O)c1-c1ccc(C)cc1.[C-]#[N+]c1c(N2CCOCC2)sc(C(=O)OC)c1-c1ccc(C)cc1.[C-]#[N+]c1c(N2CCOCC2)sc(C(=O)OC)c1Br.[C-]#[N+]c1c(N2CCOCC2)sc(C(=O)OC)c1N.[C-]#[N+]c1c(N2CCOCC2)sc(C(N)=O)c1-c1ccc(C)cc1.[Na+].[OH-]. The predicted molar refractivity (Wildman–Crippen MR) is 490 cm³/mol. The molecule has 123 heavy (non-hydrogen) atoms. The number of nitrogens with two attached hydrogens (primary N) is 2. The number of nitrogens with zero attached hydrogens (tertiary/aromatic N) is 10. The number of hydrogen-bond acceptors (Lipinski definition) is 28. The van der Waals surface area contributed by atoms with Crippen molar-refractivity contribution in [3.05, 3.63) is 205 Å². The van der Waals surface area contributed by atoms with E-state index < -0.39 is 36.9 Å². The van der Waals surface area contributed by atoms with Crippen LogP contribution < -0.4 is 77.1 Å². The van der Waals surface area contributed by atoms with Gasteiger partial charge in [-0.15, -0.1) is 56.7 Å². The van der Waals surface area contributed by atoms with Gasteiger partial charge in [-0.05, 0) is 49.8 Å². The summed E-state index contributed by atoms with van der Waals surface area (Å²) in [5, 5.41) is 30.8. The maximum absolute atomic E-state index is 12.3. The molecule has 0 spiro atoms. The minimum absolute atomic E-state index is 0. The number of nitrogen functional groups attached to an aromatic ring is 1. The summed E-state index contributed by atoms with van der Waals surface area (Å²) in [7, 11) is 2.65. The molecule has 0 aliphatic carbocycles. The van der Waals surface area contributed by atoms with E-state index in [4.69, 9.17) is 87.5 Å². The number of halogens is 3. The number of rotatable bonds is 14. The molecule has 10 heterocycles. The van der Waals surface area contributed by atoms with Crippen LogP contribution in [0, 0.1) is 60.6 Å². The number of carbonyl (C=O) groups is 5. The number of carbonyl (C=O) groups excluding carboxylic acids is 4. The molecule has 5 saturated heterocycles. The fourth-order valence-corrected chi connectivity index (χ4v) is 18.8. The van der Waals surface area contributed by atoms with E-state index in [0.29, 0.717) is 180 Å². The number of morpholine rings is 5. The van der Waals surface area contributed by atoms with E-state index in [-0.39, 0.29) is 57.2 Å². The molecular weight excluding hydrogens is 1940 g/mol. The number of benzene rings is 4. The Kier molecular flexibility index (Phi) is 46.8. The standard InChI is InChI=1S/C18H18N2O3S.C17H17N3O2S.C17H16N2O3S.C11H11BrN2O3S.C11H13N3O3S.C7H9BO2.2BrH.Cu.H3N.Na.2H2O/c1-12-4-6-13(7-5-12)14-15(19-2)17(20-8-10-23-11-9-20)24-16(14)18(21)22-3;1-11-3-5-12(6-4-11)13-14(19-2)17(23-15(13)16(18)21)20-7-9-22-10-8-20;1-11-3-5-12(6-4-11)13-14(18-2)16(23-15(13)17(20)21)19-7-9-22-10-8-19;2*1-13-8-7(12)9(11(15)16-2)18-10(8)14-3-5-17-6-4-14;1-6-2-4-7(5-3-6)8(9)10;;;;;;;/h4-7H,8-11H2,1,3H3;3-6H,7-10H2,1H3,(H2,18,21);3-6H,7-10H2,1H3,(H,20,21);3-6H2,2H3;3-6,12H2,2H3;2-5,9-10H,1H3;2*1H;;1H3;;2*1H2/q;;;;;;;;+2;;+1;;/p-3. The number of aromatic carboxylic acids is 1. The number of primary amides is 1. The van der Waals surface area contributed by atoms with E-state index in [9.17, 15) is 29.1 Å². The fourth-order valence-electron chi connectivity index (χ4n) is 12.2. The number of carboxylic acids is 1.